The predicted octanol–water partition coefficient (Wildman–Crippen LogP) is 7.23. The van der Waals surface area contributed by atoms with Gasteiger partial charge in [0.05, 0.1) is 17.7 Å². The minimum absolute atomic E-state index is 0.501. The summed E-state index contributed by atoms with van der Waals surface area (Å²) in [5.74, 6) is 0. The van der Waals surface area contributed by atoms with Gasteiger partial charge in [0.15, 0.2) is 0 Å². The molecule has 2 aromatic carbocycles. The number of nitrogens with zero attached hydrogens (tertiary/aromatic N) is 1. The third kappa shape index (κ3) is 3.51. The molecule has 1 heterocycles. The number of halogens is 3. The molecule has 0 N–H and O–H groups in total. The molecule has 1 nitrogen and oxygen atoms in total. The van der Waals surface area contributed by atoms with Crippen molar-refractivity contribution in [3.8, 4) is 0 Å². The van der Waals surface area contributed by atoms with Gasteiger partial charge >= 0.3 is 6.18 Å². The fourth-order valence-electron chi connectivity index (χ4n) is 5.66. The second-order valence-electron chi connectivity index (χ2n) is 8.59. The Balaban J connectivity index is 1.99. The number of fused-ring (bicyclic) bond motifs is 3. The van der Waals surface area contributed by atoms with Crippen LogP contribution < -0.4 is 0 Å². The summed E-state index contributed by atoms with van der Waals surface area (Å²) in [6, 6.07) is 17.8. The molecule has 4 rings (SSSR count). The number of aliphatic imine (C=N–C) groups is 1. The van der Waals surface area contributed by atoms with E-state index in [2.05, 4.69) is 13.0 Å². The van der Waals surface area contributed by atoms with Gasteiger partial charge in [0.1, 0.15) is 0 Å². The van der Waals surface area contributed by atoms with Crippen molar-refractivity contribution in [2.45, 2.75) is 75.4 Å². The Morgan fingerprint density at radius 3 is 2.34 bits per heavy atom. The van der Waals surface area contributed by atoms with Crippen LogP contribution in [-0.4, -0.2) is 17.4 Å². The van der Waals surface area contributed by atoms with Gasteiger partial charge in [-0.1, -0.05) is 87.2 Å². The Labute approximate surface area is 171 Å². The molecule has 0 unspecified atom stereocenters. The lowest BCUT2D eigenvalue weighted by Crippen LogP contribution is -2.57. The van der Waals surface area contributed by atoms with Crippen molar-refractivity contribution in [2.24, 2.45) is 4.99 Å². The highest BCUT2D eigenvalue weighted by Crippen LogP contribution is 2.58. The predicted molar refractivity (Wildman–Crippen MR) is 112 cm³/mol. The van der Waals surface area contributed by atoms with E-state index in [1.807, 2.05) is 48.5 Å². The zero-order valence-corrected chi connectivity index (χ0v) is 16.9. The van der Waals surface area contributed by atoms with Crippen molar-refractivity contribution >= 4 is 5.71 Å². The van der Waals surface area contributed by atoms with E-state index in [0.29, 0.717) is 6.42 Å². The van der Waals surface area contributed by atoms with Crippen LogP contribution in [0.3, 0.4) is 0 Å². The Morgan fingerprint density at radius 2 is 1.62 bits per heavy atom. The topological polar surface area (TPSA) is 12.4 Å². The molecule has 0 radical (unpaired) electrons. The first kappa shape index (κ1) is 20.2. The molecule has 1 aliphatic heterocycles. The van der Waals surface area contributed by atoms with Crippen molar-refractivity contribution in [1.29, 1.82) is 0 Å². The molecule has 2 atom stereocenters. The number of hydrogen-bond acceptors (Lipinski definition) is 1. The highest BCUT2D eigenvalue weighted by Gasteiger charge is 2.59. The summed E-state index contributed by atoms with van der Waals surface area (Å²) >= 11 is 0. The molecule has 0 amide bonds. The number of rotatable bonds is 5. The normalized spacial score (nSPS) is 26.4. The first-order valence-electron chi connectivity index (χ1n) is 10.7. The Bertz CT molecular complexity index is 886. The van der Waals surface area contributed by atoms with Crippen molar-refractivity contribution in [3.05, 3.63) is 71.3 Å². The van der Waals surface area contributed by atoms with E-state index < -0.39 is 23.6 Å². The molecule has 2 aromatic rings. The van der Waals surface area contributed by atoms with Gasteiger partial charge in [0.25, 0.3) is 0 Å². The summed E-state index contributed by atoms with van der Waals surface area (Å²) in [6.45, 7) is 2.11. The van der Waals surface area contributed by atoms with Gasteiger partial charge < -0.3 is 0 Å². The highest BCUT2D eigenvalue weighted by molar-refractivity contribution is 6.15. The number of unbranched alkanes of at least 4 members (excludes halogenated alkanes) is 1. The molecule has 0 bridgehead atoms. The molecule has 1 fully saturated rings. The van der Waals surface area contributed by atoms with Gasteiger partial charge in [-0.2, -0.15) is 13.2 Å². The van der Waals surface area contributed by atoms with E-state index >= 15 is 0 Å². The van der Waals surface area contributed by atoms with Crippen molar-refractivity contribution in [2.75, 3.05) is 0 Å². The molecule has 154 valence electrons. The molecule has 2 aliphatic rings. The monoisotopic (exact) mass is 399 g/mol. The summed E-state index contributed by atoms with van der Waals surface area (Å²) in [7, 11) is 0. The Morgan fingerprint density at radius 1 is 0.931 bits per heavy atom. The minimum Gasteiger partial charge on any atom is -0.276 e. The van der Waals surface area contributed by atoms with E-state index in [9.17, 15) is 13.2 Å². The first-order valence-corrected chi connectivity index (χ1v) is 10.7. The van der Waals surface area contributed by atoms with Gasteiger partial charge in [-0.3, -0.25) is 4.99 Å². The van der Waals surface area contributed by atoms with Crippen LogP contribution in [0.25, 0.3) is 0 Å². The second kappa shape index (κ2) is 7.62. The second-order valence-corrected chi connectivity index (χ2v) is 8.59. The maximum atomic E-state index is 13.9. The van der Waals surface area contributed by atoms with E-state index in [0.717, 1.165) is 60.9 Å². The van der Waals surface area contributed by atoms with E-state index in [1.165, 1.54) is 0 Å². The van der Waals surface area contributed by atoms with Crippen LogP contribution in [0, 0.1) is 0 Å². The Hall–Kier alpha value is -2.10. The maximum absolute atomic E-state index is 13.9. The average molecular weight is 400 g/mol. The van der Waals surface area contributed by atoms with Crippen LogP contribution in [0.2, 0.25) is 0 Å². The summed E-state index contributed by atoms with van der Waals surface area (Å²) < 4.78 is 41.8. The summed E-state index contributed by atoms with van der Waals surface area (Å²) in [5, 5.41) is 0. The summed E-state index contributed by atoms with van der Waals surface area (Å²) in [4.78, 5) is 5.05. The zero-order valence-electron chi connectivity index (χ0n) is 16.9. The highest BCUT2D eigenvalue weighted by atomic mass is 19.4. The van der Waals surface area contributed by atoms with Crippen LogP contribution in [0.1, 0.15) is 75.0 Å². The van der Waals surface area contributed by atoms with Gasteiger partial charge in [0, 0.05) is 16.5 Å². The van der Waals surface area contributed by atoms with Crippen LogP contribution >= 0.6 is 0 Å². The molecule has 0 aromatic heterocycles. The summed E-state index contributed by atoms with van der Waals surface area (Å²) in [5.41, 5.74) is 2.06. The summed E-state index contributed by atoms with van der Waals surface area (Å²) in [6.07, 6.45) is 0.631. The molecule has 0 spiro atoms. The lowest BCUT2D eigenvalue weighted by atomic mass is 9.52. The van der Waals surface area contributed by atoms with Crippen LogP contribution in [0.5, 0.6) is 0 Å². The van der Waals surface area contributed by atoms with Gasteiger partial charge in [-0.15, -0.1) is 0 Å². The first-order chi connectivity index (χ1) is 13.9. The maximum Gasteiger partial charge on any atom is 0.391 e. The van der Waals surface area contributed by atoms with Crippen LogP contribution in [0.15, 0.2) is 59.6 Å². The molecule has 4 heteroatoms. The molecular weight excluding hydrogens is 371 g/mol. The van der Waals surface area contributed by atoms with E-state index in [-0.39, 0.29) is 0 Å². The molecule has 29 heavy (non-hydrogen) atoms. The third-order valence-electron chi connectivity index (χ3n) is 6.86. The van der Waals surface area contributed by atoms with Crippen LogP contribution in [0.4, 0.5) is 13.2 Å². The SMILES string of the molecule is CCCC[C@@]12CCCC[C@]1(CC(F)(F)F)N=C(c1ccccc1)c1ccccc12. The van der Waals surface area contributed by atoms with Gasteiger partial charge in [-0.25, -0.2) is 0 Å². The smallest absolute Gasteiger partial charge is 0.276 e. The minimum atomic E-state index is -4.24. The molecule has 1 saturated carbocycles. The van der Waals surface area contributed by atoms with Gasteiger partial charge in [-0.05, 0) is 24.8 Å². The lowest BCUT2D eigenvalue weighted by Gasteiger charge is -2.55. The quantitative estimate of drug-likeness (QED) is 0.503. The third-order valence-corrected chi connectivity index (χ3v) is 6.86. The largest absolute Gasteiger partial charge is 0.391 e. The van der Waals surface area contributed by atoms with Crippen molar-refractivity contribution in [1.82, 2.24) is 0 Å². The molecule has 0 saturated heterocycles. The fourth-order valence-corrected chi connectivity index (χ4v) is 5.66. The number of hydrogen-bond donors (Lipinski definition) is 0. The van der Waals surface area contributed by atoms with Crippen molar-refractivity contribution < 1.29 is 13.2 Å². The average Bonchev–Trinajstić information content (AvgIpc) is 2.71. The van der Waals surface area contributed by atoms with Crippen LogP contribution in [-0.2, 0) is 5.41 Å². The zero-order chi connectivity index (χ0) is 20.5. The number of alkyl halides is 3. The van der Waals surface area contributed by atoms with E-state index in [4.69, 9.17) is 4.99 Å². The molecule has 1 aliphatic carbocycles. The molecular formula is C25H28F3N. The van der Waals surface area contributed by atoms with E-state index in [1.54, 1.807) is 0 Å². The Kier molecular flexibility index (Phi) is 5.30. The van der Waals surface area contributed by atoms with Gasteiger partial charge in [0.2, 0.25) is 0 Å². The fraction of sp³-hybridized carbons (Fsp3) is 0.480. The standard InChI is InChI=1S/C25H28F3N/c1-2-3-15-23-16-9-10-17-24(23,18-25(26,27)28)29-22(19-11-5-4-6-12-19)20-13-7-8-14-21(20)23/h4-8,11-14H,2-3,9-10,15-18H2,1H3/t23-,24+/m0/s1. The number of benzene rings is 2. The van der Waals surface area contributed by atoms with Crippen molar-refractivity contribution in [3.63, 3.8) is 0 Å². The lowest BCUT2D eigenvalue weighted by molar-refractivity contribution is -0.158.